The topological polar surface area (TPSA) is 30.5 Å². The molecule has 2 heterocycles. The van der Waals surface area contributed by atoms with E-state index in [0.717, 1.165) is 19.6 Å². The number of ether oxygens (including phenoxy) is 2. The summed E-state index contributed by atoms with van der Waals surface area (Å²) in [6.07, 6.45) is 7.60. The van der Waals surface area contributed by atoms with Gasteiger partial charge in [-0.05, 0) is 39.0 Å². The van der Waals surface area contributed by atoms with Gasteiger partial charge in [0.15, 0.2) is 6.29 Å². The lowest BCUT2D eigenvalue weighted by atomic mass is 9.94. The van der Waals surface area contributed by atoms with Gasteiger partial charge in [-0.1, -0.05) is 20.3 Å². The molecule has 2 saturated heterocycles. The molecule has 3 nitrogen and oxygen atoms in total. The first-order valence-corrected chi connectivity index (χ1v) is 7.54. The van der Waals surface area contributed by atoms with E-state index in [0.29, 0.717) is 12.1 Å². The van der Waals surface area contributed by atoms with Crippen LogP contribution >= 0.6 is 0 Å². The Hall–Kier alpha value is -0.120. The zero-order chi connectivity index (χ0) is 13.0. The molecule has 0 aromatic carbocycles. The van der Waals surface area contributed by atoms with Crippen molar-refractivity contribution in [3.63, 3.8) is 0 Å². The van der Waals surface area contributed by atoms with Crippen LogP contribution in [0, 0.1) is 5.41 Å². The monoisotopic (exact) mass is 255 g/mol. The fraction of sp³-hybridized carbons (Fsp3) is 1.00. The van der Waals surface area contributed by atoms with Crippen LogP contribution in [-0.4, -0.2) is 31.6 Å². The second kappa shape index (κ2) is 6.36. The van der Waals surface area contributed by atoms with Gasteiger partial charge in [-0.15, -0.1) is 0 Å². The molecule has 2 fully saturated rings. The van der Waals surface area contributed by atoms with Crippen LogP contribution in [-0.2, 0) is 9.47 Å². The molecule has 0 bridgehead atoms. The summed E-state index contributed by atoms with van der Waals surface area (Å²) < 4.78 is 11.5. The van der Waals surface area contributed by atoms with E-state index in [-0.39, 0.29) is 11.7 Å². The lowest BCUT2D eigenvalue weighted by molar-refractivity contribution is -0.224. The third kappa shape index (κ3) is 4.52. The van der Waals surface area contributed by atoms with Crippen molar-refractivity contribution in [2.45, 2.75) is 77.7 Å². The Bertz CT molecular complexity index is 245. The number of hydrogen-bond acceptors (Lipinski definition) is 3. The predicted octanol–water partition coefficient (Wildman–Crippen LogP) is 3.09. The second-order valence-corrected chi connectivity index (χ2v) is 6.84. The quantitative estimate of drug-likeness (QED) is 0.837. The van der Waals surface area contributed by atoms with Gasteiger partial charge in [-0.25, -0.2) is 0 Å². The molecule has 0 spiro atoms. The summed E-state index contributed by atoms with van der Waals surface area (Å²) in [5, 5.41) is 3.69. The molecule has 0 unspecified atom stereocenters. The van der Waals surface area contributed by atoms with Crippen molar-refractivity contribution < 1.29 is 9.47 Å². The molecule has 0 aliphatic carbocycles. The average Bonchev–Trinajstić information content (AvgIpc) is 2.31. The molecule has 106 valence electrons. The van der Waals surface area contributed by atoms with Gasteiger partial charge in [-0.3, -0.25) is 0 Å². The van der Waals surface area contributed by atoms with Gasteiger partial charge in [-0.2, -0.15) is 0 Å². The minimum atomic E-state index is 0.0408. The molecule has 0 aromatic rings. The Balaban J connectivity index is 1.58. The minimum absolute atomic E-state index is 0.0408. The zero-order valence-electron chi connectivity index (χ0n) is 12.2. The maximum atomic E-state index is 5.76. The summed E-state index contributed by atoms with van der Waals surface area (Å²) in [7, 11) is 0. The van der Waals surface area contributed by atoms with E-state index < -0.39 is 0 Å². The van der Waals surface area contributed by atoms with Crippen molar-refractivity contribution in [2.24, 2.45) is 5.41 Å². The Morgan fingerprint density at radius 2 is 1.83 bits per heavy atom. The van der Waals surface area contributed by atoms with E-state index in [1.165, 1.54) is 32.1 Å². The van der Waals surface area contributed by atoms with Gasteiger partial charge in [0, 0.05) is 17.5 Å². The van der Waals surface area contributed by atoms with E-state index in [1.54, 1.807) is 0 Å². The zero-order valence-corrected chi connectivity index (χ0v) is 12.2. The largest absolute Gasteiger partial charge is 0.352 e. The highest BCUT2D eigenvalue weighted by atomic mass is 16.7. The fourth-order valence-electron chi connectivity index (χ4n) is 2.89. The van der Waals surface area contributed by atoms with Crippen molar-refractivity contribution in [2.75, 3.05) is 13.2 Å². The molecule has 0 saturated carbocycles. The van der Waals surface area contributed by atoms with Gasteiger partial charge in [0.25, 0.3) is 0 Å². The first kappa shape index (κ1) is 14.3. The molecule has 0 aromatic heterocycles. The normalized spacial score (nSPS) is 33.5. The van der Waals surface area contributed by atoms with Crippen LogP contribution in [0.5, 0.6) is 0 Å². The number of piperidine rings is 1. The molecule has 2 aliphatic heterocycles. The van der Waals surface area contributed by atoms with Crippen molar-refractivity contribution in [1.29, 1.82) is 0 Å². The maximum absolute atomic E-state index is 5.76. The molecule has 2 atom stereocenters. The lowest BCUT2D eigenvalue weighted by Crippen LogP contribution is -2.41. The summed E-state index contributed by atoms with van der Waals surface area (Å²) >= 11 is 0. The van der Waals surface area contributed by atoms with Crippen LogP contribution < -0.4 is 5.32 Å². The molecule has 0 radical (unpaired) electrons. The summed E-state index contributed by atoms with van der Waals surface area (Å²) in [5.41, 5.74) is 0.191. The van der Waals surface area contributed by atoms with Gasteiger partial charge >= 0.3 is 0 Å². The smallest absolute Gasteiger partial charge is 0.157 e. The number of nitrogens with one attached hydrogen (secondary N) is 1. The van der Waals surface area contributed by atoms with Crippen LogP contribution in [0.1, 0.15) is 59.3 Å². The molecule has 1 N–H and O–H groups in total. The SMILES string of the molecule is C[C@H]1CCC[C@@H](CCCC2OCC(C)(C)CO2)N1. The average molecular weight is 255 g/mol. The van der Waals surface area contributed by atoms with E-state index >= 15 is 0 Å². The Labute approximate surface area is 112 Å². The molecular formula is C15H29NO2. The van der Waals surface area contributed by atoms with Gasteiger partial charge in [0.05, 0.1) is 13.2 Å². The number of hydrogen-bond donors (Lipinski definition) is 1. The number of rotatable bonds is 4. The first-order valence-electron chi connectivity index (χ1n) is 7.54. The molecule has 3 heteroatoms. The summed E-state index contributed by atoms with van der Waals surface area (Å²) in [6.45, 7) is 8.33. The lowest BCUT2D eigenvalue weighted by Gasteiger charge is -2.35. The first-order chi connectivity index (χ1) is 8.55. The molecule has 0 amide bonds. The standard InChI is InChI=1S/C15H29NO2/c1-12-6-4-7-13(16-12)8-5-9-14-17-10-15(2,3)11-18-14/h12-14,16H,4-11H2,1-3H3/t12-,13-/m0/s1. The highest BCUT2D eigenvalue weighted by Crippen LogP contribution is 2.25. The Kier molecular flexibility index (Phi) is 5.05. The summed E-state index contributed by atoms with van der Waals surface area (Å²) in [6, 6.07) is 1.42. The highest BCUT2D eigenvalue weighted by Gasteiger charge is 2.28. The van der Waals surface area contributed by atoms with Crippen molar-refractivity contribution in [3.05, 3.63) is 0 Å². The van der Waals surface area contributed by atoms with E-state index in [9.17, 15) is 0 Å². The van der Waals surface area contributed by atoms with Crippen LogP contribution in [0.15, 0.2) is 0 Å². The third-order valence-corrected chi connectivity index (χ3v) is 4.02. The predicted molar refractivity (Wildman–Crippen MR) is 73.6 cm³/mol. The third-order valence-electron chi connectivity index (χ3n) is 4.02. The highest BCUT2D eigenvalue weighted by molar-refractivity contribution is 4.78. The molecule has 2 aliphatic rings. The summed E-state index contributed by atoms with van der Waals surface area (Å²) in [4.78, 5) is 0. The molecule has 18 heavy (non-hydrogen) atoms. The van der Waals surface area contributed by atoms with Crippen LogP contribution in [0.4, 0.5) is 0 Å². The van der Waals surface area contributed by atoms with Crippen LogP contribution in [0.25, 0.3) is 0 Å². The molecule has 2 rings (SSSR count). The minimum Gasteiger partial charge on any atom is -0.352 e. The second-order valence-electron chi connectivity index (χ2n) is 6.84. The van der Waals surface area contributed by atoms with Crippen LogP contribution in [0.2, 0.25) is 0 Å². The fourth-order valence-corrected chi connectivity index (χ4v) is 2.89. The van der Waals surface area contributed by atoms with E-state index in [1.807, 2.05) is 0 Å². The Morgan fingerprint density at radius 1 is 1.11 bits per heavy atom. The molecular weight excluding hydrogens is 226 g/mol. The van der Waals surface area contributed by atoms with Gasteiger partial charge in [0.2, 0.25) is 0 Å². The van der Waals surface area contributed by atoms with Gasteiger partial charge < -0.3 is 14.8 Å². The van der Waals surface area contributed by atoms with Crippen molar-refractivity contribution in [3.8, 4) is 0 Å². The van der Waals surface area contributed by atoms with Crippen molar-refractivity contribution >= 4 is 0 Å². The maximum Gasteiger partial charge on any atom is 0.157 e. The van der Waals surface area contributed by atoms with Crippen molar-refractivity contribution in [1.82, 2.24) is 5.32 Å². The van der Waals surface area contributed by atoms with Crippen LogP contribution in [0.3, 0.4) is 0 Å². The van der Waals surface area contributed by atoms with Gasteiger partial charge in [0.1, 0.15) is 0 Å². The van der Waals surface area contributed by atoms with E-state index in [4.69, 9.17) is 9.47 Å². The van der Waals surface area contributed by atoms with E-state index in [2.05, 4.69) is 26.1 Å². The Morgan fingerprint density at radius 3 is 2.50 bits per heavy atom. The summed E-state index contributed by atoms with van der Waals surface area (Å²) in [5.74, 6) is 0.